The van der Waals surface area contributed by atoms with Gasteiger partial charge in [-0.3, -0.25) is 19.2 Å². The first-order chi connectivity index (χ1) is 22.4. The predicted octanol–water partition coefficient (Wildman–Crippen LogP) is 2.34. The zero-order valence-electron chi connectivity index (χ0n) is 28.1. The van der Waals surface area contributed by atoms with Gasteiger partial charge in [-0.05, 0) is 68.6 Å². The van der Waals surface area contributed by atoms with Crippen molar-refractivity contribution < 1.29 is 38.1 Å². The summed E-state index contributed by atoms with van der Waals surface area (Å²) in [7, 11) is 0. The third-order valence-electron chi connectivity index (χ3n) is 8.29. The zero-order chi connectivity index (χ0) is 34.1. The fourth-order valence-corrected chi connectivity index (χ4v) is 6.97. The number of carbonyl (C=O) groups is 4. The Bertz CT molecular complexity index is 1220. The van der Waals surface area contributed by atoms with E-state index in [0.29, 0.717) is 30.8 Å². The van der Waals surface area contributed by atoms with Gasteiger partial charge in [-0.15, -0.1) is 0 Å². The van der Waals surface area contributed by atoms with E-state index in [1.54, 1.807) is 37.4 Å². The quantitative estimate of drug-likeness (QED) is 0.257. The minimum absolute atomic E-state index is 0.0811. The van der Waals surface area contributed by atoms with Crippen molar-refractivity contribution >= 4 is 47.2 Å². The Kier molecular flexibility index (Phi) is 13.8. The van der Waals surface area contributed by atoms with Gasteiger partial charge in [-0.2, -0.15) is 23.5 Å². The molecule has 47 heavy (non-hydrogen) atoms. The van der Waals surface area contributed by atoms with Crippen molar-refractivity contribution in [2.75, 3.05) is 24.0 Å². The highest BCUT2D eigenvalue weighted by Crippen LogP contribution is 2.40. The number of hydrogen-bond acceptors (Lipinski definition) is 10. The topological polar surface area (TPSA) is 153 Å². The number of carbonyl (C=O) groups excluding carboxylic acids is 4. The molecule has 3 aliphatic heterocycles. The molecule has 4 N–H and O–H groups in total. The van der Waals surface area contributed by atoms with Crippen molar-refractivity contribution in [2.45, 2.75) is 115 Å². The van der Waals surface area contributed by atoms with Crippen molar-refractivity contribution in [3.05, 3.63) is 35.9 Å². The number of amides is 4. The molecule has 0 spiro atoms. The average Bonchev–Trinajstić information content (AvgIpc) is 3.50. The van der Waals surface area contributed by atoms with Crippen LogP contribution in [0.4, 0.5) is 0 Å². The van der Waals surface area contributed by atoms with Crippen molar-refractivity contribution in [3.8, 4) is 0 Å². The molecule has 3 heterocycles. The highest BCUT2D eigenvalue weighted by molar-refractivity contribution is 7.98. The van der Waals surface area contributed by atoms with E-state index >= 15 is 0 Å². The summed E-state index contributed by atoms with van der Waals surface area (Å²) in [5.41, 5.74) is 0.933. The van der Waals surface area contributed by atoms with Crippen LogP contribution in [0.15, 0.2) is 30.3 Å². The number of benzene rings is 1. The molecule has 4 amide bonds. The SMILES string of the molecule is CSCC[C@@H]1NC(=O)[C@H](CC(C)C)NC(=O)C[C@@H]([C@H]2O[C@@H]3OC(C)(C)O[C@@H]3[C@H]2OCc2ccccc2)NC(=O)[C@H](CCSC)NC1=O. The zero-order valence-corrected chi connectivity index (χ0v) is 29.7. The molecule has 3 fully saturated rings. The summed E-state index contributed by atoms with van der Waals surface area (Å²) in [5, 5.41) is 11.6. The smallest absolute Gasteiger partial charge is 0.243 e. The Labute approximate surface area is 286 Å². The van der Waals surface area contributed by atoms with E-state index in [0.717, 1.165) is 5.56 Å². The maximum Gasteiger partial charge on any atom is 0.243 e. The first-order valence-corrected chi connectivity index (χ1v) is 19.0. The van der Waals surface area contributed by atoms with Gasteiger partial charge in [0.2, 0.25) is 23.6 Å². The van der Waals surface area contributed by atoms with Gasteiger partial charge in [-0.25, -0.2) is 0 Å². The van der Waals surface area contributed by atoms with Gasteiger partial charge >= 0.3 is 0 Å². The molecule has 14 heteroatoms. The van der Waals surface area contributed by atoms with Crippen LogP contribution >= 0.6 is 23.5 Å². The molecule has 262 valence electrons. The fourth-order valence-electron chi connectivity index (χ4n) is 6.03. The summed E-state index contributed by atoms with van der Waals surface area (Å²) < 4.78 is 25.1. The number of nitrogens with one attached hydrogen (secondary N) is 4. The summed E-state index contributed by atoms with van der Waals surface area (Å²) >= 11 is 3.10. The highest BCUT2D eigenvalue weighted by Gasteiger charge is 2.57. The van der Waals surface area contributed by atoms with Gasteiger partial charge in [0.05, 0.1) is 12.6 Å². The van der Waals surface area contributed by atoms with Crippen molar-refractivity contribution in [1.82, 2.24) is 21.3 Å². The second kappa shape index (κ2) is 17.3. The number of thioether (sulfide) groups is 2. The minimum atomic E-state index is -0.919. The molecule has 0 aliphatic carbocycles. The Balaban J connectivity index is 1.67. The van der Waals surface area contributed by atoms with E-state index in [9.17, 15) is 19.2 Å². The highest BCUT2D eigenvalue weighted by atomic mass is 32.2. The number of hydrogen-bond donors (Lipinski definition) is 4. The van der Waals surface area contributed by atoms with Gasteiger partial charge in [0.1, 0.15) is 36.4 Å². The van der Waals surface area contributed by atoms with Gasteiger partial charge in [0.15, 0.2) is 12.1 Å². The van der Waals surface area contributed by atoms with Crippen molar-refractivity contribution in [1.29, 1.82) is 0 Å². The third-order valence-corrected chi connectivity index (χ3v) is 9.58. The molecule has 3 aliphatic rings. The first-order valence-electron chi connectivity index (χ1n) is 16.3. The van der Waals surface area contributed by atoms with Crippen LogP contribution in [-0.2, 0) is 44.7 Å². The van der Waals surface area contributed by atoms with Gasteiger partial charge in [-0.1, -0.05) is 44.2 Å². The molecule has 4 rings (SSSR count). The second-order valence-electron chi connectivity index (χ2n) is 13.1. The number of rotatable bonds is 12. The Morgan fingerprint density at radius 1 is 0.830 bits per heavy atom. The van der Waals surface area contributed by atoms with Crippen molar-refractivity contribution in [3.63, 3.8) is 0 Å². The van der Waals surface area contributed by atoms with E-state index in [4.69, 9.17) is 18.9 Å². The van der Waals surface area contributed by atoms with Crippen LogP contribution in [0.5, 0.6) is 0 Å². The maximum atomic E-state index is 14.0. The van der Waals surface area contributed by atoms with Gasteiger partial charge in [0.25, 0.3) is 0 Å². The van der Waals surface area contributed by atoms with Gasteiger partial charge < -0.3 is 40.2 Å². The number of fused-ring (bicyclic) bond motifs is 1. The standard InChI is InChI=1S/C33H50N4O8S2/c1-19(2)16-24-31(41)36-21(12-14-46-5)29(39)35-22(13-15-47-6)30(40)37-23(17-25(38)34-24)26-27(42-18-20-10-8-7-9-11-20)28-32(43-26)45-33(3,4)44-28/h7-11,19,21-24,26-28,32H,12-18H2,1-6H3,(H,34,38)(H,35,39)(H,36,41)(H,37,40)/t21-,22-,23-,24-,26+,27-,28+,32+/m0/s1. The summed E-state index contributed by atoms with van der Waals surface area (Å²) in [6.07, 6.45) is 1.77. The van der Waals surface area contributed by atoms with E-state index < -0.39 is 78.2 Å². The minimum Gasteiger partial charge on any atom is -0.368 e. The van der Waals surface area contributed by atoms with E-state index in [1.807, 2.05) is 56.7 Å². The van der Waals surface area contributed by atoms with Crippen LogP contribution in [-0.4, -0.2) is 102 Å². The molecule has 0 saturated carbocycles. The van der Waals surface area contributed by atoms with Crippen LogP contribution in [0, 0.1) is 5.92 Å². The molecule has 0 radical (unpaired) electrons. The largest absolute Gasteiger partial charge is 0.368 e. The van der Waals surface area contributed by atoms with Crippen LogP contribution in [0.25, 0.3) is 0 Å². The molecule has 8 atom stereocenters. The lowest BCUT2D eigenvalue weighted by atomic mass is 9.98. The molecular weight excluding hydrogens is 645 g/mol. The molecule has 12 nitrogen and oxygen atoms in total. The third kappa shape index (κ3) is 10.6. The Hall–Kier alpha value is -2.36. The van der Waals surface area contributed by atoms with Crippen LogP contribution < -0.4 is 21.3 Å². The second-order valence-corrected chi connectivity index (χ2v) is 15.1. The summed E-state index contributed by atoms with van der Waals surface area (Å²) in [6, 6.07) is 6.09. The average molecular weight is 695 g/mol. The summed E-state index contributed by atoms with van der Waals surface area (Å²) in [5.74, 6) is -1.40. The van der Waals surface area contributed by atoms with Crippen LogP contribution in [0.2, 0.25) is 0 Å². The molecule has 1 aromatic carbocycles. The lowest BCUT2D eigenvalue weighted by Gasteiger charge is -2.32. The maximum absolute atomic E-state index is 14.0. The van der Waals surface area contributed by atoms with Gasteiger partial charge in [0, 0.05) is 6.42 Å². The molecule has 1 aromatic rings. The fraction of sp³-hybridized carbons (Fsp3) is 0.697. The first kappa shape index (κ1) is 37.5. The summed E-state index contributed by atoms with van der Waals surface area (Å²) in [4.78, 5) is 54.8. The molecule has 0 bridgehead atoms. The van der Waals surface area contributed by atoms with E-state index in [-0.39, 0.29) is 18.9 Å². The van der Waals surface area contributed by atoms with E-state index in [1.165, 1.54) is 0 Å². The Morgan fingerprint density at radius 3 is 2.02 bits per heavy atom. The van der Waals surface area contributed by atoms with E-state index in [2.05, 4.69) is 21.3 Å². The lowest BCUT2D eigenvalue weighted by Crippen LogP contribution is -2.58. The normalized spacial score (nSPS) is 31.6. The van der Waals surface area contributed by atoms with Crippen molar-refractivity contribution in [2.24, 2.45) is 5.92 Å². The lowest BCUT2D eigenvalue weighted by molar-refractivity contribution is -0.222. The number of ether oxygens (including phenoxy) is 4. The molecule has 0 aromatic heterocycles. The molecule has 0 unspecified atom stereocenters. The summed E-state index contributed by atoms with van der Waals surface area (Å²) in [6.45, 7) is 7.74. The van der Waals surface area contributed by atoms with Crippen LogP contribution in [0.1, 0.15) is 58.9 Å². The molecular formula is C33H50N4O8S2. The monoisotopic (exact) mass is 694 g/mol. The molecule has 3 saturated heterocycles. The Morgan fingerprint density at radius 2 is 1.43 bits per heavy atom. The predicted molar refractivity (Wildman–Crippen MR) is 182 cm³/mol. The van der Waals surface area contributed by atoms with Crippen LogP contribution in [0.3, 0.4) is 0 Å².